The molecule has 0 aliphatic rings. The van der Waals surface area contributed by atoms with Gasteiger partial charge in [-0.3, -0.25) is 4.79 Å². The van der Waals surface area contributed by atoms with Gasteiger partial charge in [-0.15, -0.1) is 0 Å². The summed E-state index contributed by atoms with van der Waals surface area (Å²) in [5.41, 5.74) is -0.00851. The molecule has 0 fully saturated rings. The number of carbonyl (C=O) groups is 1. The van der Waals surface area contributed by atoms with Crippen molar-refractivity contribution in [1.29, 1.82) is 0 Å². The molecule has 0 aliphatic carbocycles. The minimum absolute atomic E-state index is 0.00851. The molecule has 0 aromatic heterocycles. The van der Waals surface area contributed by atoms with E-state index in [4.69, 9.17) is 9.47 Å². The highest BCUT2D eigenvalue weighted by Crippen LogP contribution is 2.25. The average Bonchev–Trinajstić information content (AvgIpc) is 2.52. The SMILES string of the molecule is CCNC=O.COc1ccccc1OCC(O)CNC(C)(C)C. The number of carbonyl (C=O) groups excluding carboxylic acids is 1. The number of hydrogen-bond acceptors (Lipinski definition) is 5. The summed E-state index contributed by atoms with van der Waals surface area (Å²) in [4.78, 5) is 9.29. The summed E-state index contributed by atoms with van der Waals surface area (Å²) in [6, 6.07) is 7.40. The lowest BCUT2D eigenvalue weighted by molar-refractivity contribution is -0.109. The van der Waals surface area contributed by atoms with Gasteiger partial charge < -0.3 is 25.2 Å². The number of methoxy groups -OCH3 is 1. The van der Waals surface area contributed by atoms with Gasteiger partial charge in [0.2, 0.25) is 6.41 Å². The summed E-state index contributed by atoms with van der Waals surface area (Å²) < 4.78 is 10.7. The molecule has 0 aliphatic heterocycles. The summed E-state index contributed by atoms with van der Waals surface area (Å²) in [5, 5.41) is 15.5. The topological polar surface area (TPSA) is 79.8 Å². The van der Waals surface area contributed by atoms with E-state index in [2.05, 4.69) is 31.4 Å². The van der Waals surface area contributed by atoms with E-state index in [1.54, 1.807) is 7.11 Å². The van der Waals surface area contributed by atoms with Gasteiger partial charge in [0, 0.05) is 18.6 Å². The number of hydrogen-bond donors (Lipinski definition) is 3. The molecule has 1 atom stereocenters. The van der Waals surface area contributed by atoms with E-state index in [-0.39, 0.29) is 12.1 Å². The van der Waals surface area contributed by atoms with Gasteiger partial charge >= 0.3 is 0 Å². The smallest absolute Gasteiger partial charge is 0.207 e. The zero-order chi connectivity index (χ0) is 17.7. The lowest BCUT2D eigenvalue weighted by atomic mass is 10.1. The summed E-state index contributed by atoms with van der Waals surface area (Å²) in [6.45, 7) is 9.50. The van der Waals surface area contributed by atoms with Crippen molar-refractivity contribution in [2.24, 2.45) is 0 Å². The highest BCUT2D eigenvalue weighted by Gasteiger charge is 2.13. The monoisotopic (exact) mass is 326 g/mol. The molecule has 1 rings (SSSR count). The van der Waals surface area contributed by atoms with Crippen molar-refractivity contribution >= 4 is 6.41 Å². The molecule has 1 aromatic rings. The predicted molar refractivity (Wildman–Crippen MR) is 92.0 cm³/mol. The van der Waals surface area contributed by atoms with Gasteiger partial charge in [-0.1, -0.05) is 12.1 Å². The number of ether oxygens (including phenoxy) is 2. The van der Waals surface area contributed by atoms with Crippen LogP contribution in [-0.2, 0) is 4.79 Å². The van der Waals surface area contributed by atoms with Crippen molar-refractivity contribution < 1.29 is 19.4 Å². The van der Waals surface area contributed by atoms with E-state index >= 15 is 0 Å². The first-order chi connectivity index (χ1) is 10.8. The fraction of sp³-hybridized carbons (Fsp3) is 0.588. The van der Waals surface area contributed by atoms with Crippen LogP contribution < -0.4 is 20.1 Å². The van der Waals surface area contributed by atoms with E-state index in [1.165, 1.54) is 0 Å². The quantitative estimate of drug-likeness (QED) is 0.632. The van der Waals surface area contributed by atoms with Crippen molar-refractivity contribution in [3.63, 3.8) is 0 Å². The van der Waals surface area contributed by atoms with Crippen LogP contribution in [0, 0.1) is 0 Å². The average molecular weight is 326 g/mol. The number of nitrogens with one attached hydrogen (secondary N) is 2. The molecule has 0 saturated heterocycles. The Bertz CT molecular complexity index is 433. The normalized spacial score (nSPS) is 11.7. The zero-order valence-electron chi connectivity index (χ0n) is 14.8. The summed E-state index contributed by atoms with van der Waals surface area (Å²) in [5.74, 6) is 1.32. The largest absolute Gasteiger partial charge is 0.493 e. The minimum atomic E-state index is -0.547. The summed E-state index contributed by atoms with van der Waals surface area (Å²) in [6.07, 6.45) is 0.133. The fourth-order valence-corrected chi connectivity index (χ4v) is 1.49. The van der Waals surface area contributed by atoms with Gasteiger partial charge in [-0.25, -0.2) is 0 Å². The van der Waals surface area contributed by atoms with Crippen LogP contribution in [0.3, 0.4) is 0 Å². The Hall–Kier alpha value is -1.79. The molecule has 132 valence electrons. The molecule has 0 radical (unpaired) electrons. The Morgan fingerprint density at radius 1 is 1.26 bits per heavy atom. The second-order valence-electron chi connectivity index (χ2n) is 5.92. The second-order valence-corrected chi connectivity index (χ2v) is 5.92. The lowest BCUT2D eigenvalue weighted by Crippen LogP contribution is -2.42. The molecule has 0 saturated carbocycles. The molecule has 3 N–H and O–H groups in total. The van der Waals surface area contributed by atoms with Crippen molar-refractivity contribution in [3.05, 3.63) is 24.3 Å². The van der Waals surface area contributed by atoms with Crippen LogP contribution in [0.15, 0.2) is 24.3 Å². The number of aliphatic hydroxyl groups is 1. The third-order valence-electron chi connectivity index (χ3n) is 2.66. The van der Waals surface area contributed by atoms with Crippen molar-refractivity contribution in [1.82, 2.24) is 10.6 Å². The van der Waals surface area contributed by atoms with Gasteiger partial charge in [0.25, 0.3) is 0 Å². The van der Waals surface area contributed by atoms with E-state index in [0.29, 0.717) is 24.5 Å². The minimum Gasteiger partial charge on any atom is -0.493 e. The molecule has 0 heterocycles. The van der Waals surface area contributed by atoms with E-state index in [0.717, 1.165) is 6.54 Å². The molecular formula is C17H30N2O4. The van der Waals surface area contributed by atoms with E-state index < -0.39 is 6.10 Å². The number of β-amino-alcohol motifs (C(OH)–C–C–N with tert-alkyl or cyclic N) is 1. The first-order valence-corrected chi connectivity index (χ1v) is 7.70. The third-order valence-corrected chi connectivity index (χ3v) is 2.66. The van der Waals surface area contributed by atoms with Gasteiger partial charge in [0.05, 0.1) is 7.11 Å². The molecule has 0 spiro atoms. The molecule has 23 heavy (non-hydrogen) atoms. The second kappa shape index (κ2) is 11.7. The molecular weight excluding hydrogens is 296 g/mol. The molecule has 1 unspecified atom stereocenters. The van der Waals surface area contributed by atoms with Crippen LogP contribution >= 0.6 is 0 Å². The highest BCUT2D eigenvalue weighted by molar-refractivity contribution is 5.45. The Kier molecular flexibility index (Phi) is 10.8. The van der Waals surface area contributed by atoms with Gasteiger partial charge in [-0.2, -0.15) is 0 Å². The standard InChI is InChI=1S/C14H23NO3.C3H7NO/c1-14(2,3)15-9-11(16)10-18-13-8-6-5-7-12(13)17-4;1-2-4-3-5/h5-8,11,15-16H,9-10H2,1-4H3;3H,2H2,1H3,(H,4,5). The molecule has 6 nitrogen and oxygen atoms in total. The third kappa shape index (κ3) is 11.4. The number of amides is 1. The van der Waals surface area contributed by atoms with E-state index in [9.17, 15) is 9.90 Å². The van der Waals surface area contributed by atoms with Crippen LogP contribution in [0.1, 0.15) is 27.7 Å². The molecule has 6 heteroatoms. The van der Waals surface area contributed by atoms with E-state index in [1.807, 2.05) is 31.2 Å². The number of rotatable bonds is 8. The Balaban J connectivity index is 0.000000841. The lowest BCUT2D eigenvalue weighted by Gasteiger charge is -2.23. The maximum atomic E-state index is 9.81. The zero-order valence-corrected chi connectivity index (χ0v) is 14.8. The fourth-order valence-electron chi connectivity index (χ4n) is 1.49. The summed E-state index contributed by atoms with van der Waals surface area (Å²) >= 11 is 0. The van der Waals surface area contributed by atoms with Crippen LogP contribution in [0.5, 0.6) is 11.5 Å². The van der Waals surface area contributed by atoms with Crippen LogP contribution in [0.2, 0.25) is 0 Å². The first-order valence-electron chi connectivity index (χ1n) is 7.70. The van der Waals surface area contributed by atoms with Crippen LogP contribution in [-0.4, -0.2) is 50.0 Å². The maximum absolute atomic E-state index is 9.81. The molecule has 0 bridgehead atoms. The Labute approximate surface area is 139 Å². The molecule has 1 amide bonds. The first kappa shape index (κ1) is 21.2. The number of para-hydroxylation sites is 2. The van der Waals surface area contributed by atoms with Gasteiger partial charge in [0.15, 0.2) is 11.5 Å². The van der Waals surface area contributed by atoms with Gasteiger partial charge in [0.1, 0.15) is 12.7 Å². The van der Waals surface area contributed by atoms with Crippen LogP contribution in [0.25, 0.3) is 0 Å². The number of aliphatic hydroxyl groups excluding tert-OH is 1. The highest BCUT2D eigenvalue weighted by atomic mass is 16.5. The predicted octanol–water partition coefficient (Wildman–Crippen LogP) is 1.58. The van der Waals surface area contributed by atoms with Gasteiger partial charge in [-0.05, 0) is 39.8 Å². The van der Waals surface area contributed by atoms with Crippen LogP contribution in [0.4, 0.5) is 0 Å². The Morgan fingerprint density at radius 2 is 1.87 bits per heavy atom. The number of benzene rings is 1. The van der Waals surface area contributed by atoms with Crippen molar-refractivity contribution in [2.75, 3.05) is 26.8 Å². The maximum Gasteiger partial charge on any atom is 0.207 e. The summed E-state index contributed by atoms with van der Waals surface area (Å²) in [7, 11) is 1.60. The van der Waals surface area contributed by atoms with Crippen molar-refractivity contribution in [2.45, 2.75) is 39.3 Å². The van der Waals surface area contributed by atoms with Crippen molar-refractivity contribution in [3.8, 4) is 11.5 Å². The Morgan fingerprint density at radius 3 is 2.30 bits per heavy atom. The molecule has 1 aromatic carbocycles.